The Morgan fingerprint density at radius 2 is 1.65 bits per heavy atom. The van der Waals surface area contributed by atoms with Gasteiger partial charge in [-0.1, -0.05) is 66.9 Å². The Morgan fingerprint density at radius 3 is 2.24 bits per heavy atom. The van der Waals surface area contributed by atoms with Crippen molar-refractivity contribution >= 4 is 17.5 Å². The third kappa shape index (κ3) is 5.77. The smallest absolute Gasteiger partial charge is 0.354 e. The molecule has 0 aromatic heterocycles. The first-order valence-corrected chi connectivity index (χ1v) is 12.5. The van der Waals surface area contributed by atoms with Crippen molar-refractivity contribution in [3.8, 4) is 0 Å². The number of nitrogens with one attached hydrogen (secondary N) is 1. The van der Waals surface area contributed by atoms with Gasteiger partial charge in [0.1, 0.15) is 0 Å². The summed E-state index contributed by atoms with van der Waals surface area (Å²) in [6.45, 7) is 1.19. The van der Waals surface area contributed by atoms with Gasteiger partial charge in [-0.3, -0.25) is 9.69 Å². The van der Waals surface area contributed by atoms with Gasteiger partial charge >= 0.3 is 6.18 Å². The molecule has 34 heavy (non-hydrogen) atoms. The Bertz CT molecular complexity index is 935. The summed E-state index contributed by atoms with van der Waals surface area (Å²) in [5, 5.41) is 3.84. The molecular weight excluding hydrogens is 461 g/mol. The van der Waals surface area contributed by atoms with E-state index in [-0.39, 0.29) is 24.8 Å². The number of amides is 1. The van der Waals surface area contributed by atoms with E-state index in [4.69, 9.17) is 11.6 Å². The molecule has 1 amide bonds. The molecule has 2 aliphatic rings. The summed E-state index contributed by atoms with van der Waals surface area (Å²) < 4.78 is 39.6. The first-order chi connectivity index (χ1) is 16.3. The molecule has 0 spiro atoms. The second-order valence-electron chi connectivity index (χ2n) is 9.70. The number of hydrogen-bond donors (Lipinski definition) is 1. The van der Waals surface area contributed by atoms with Crippen LogP contribution in [0.3, 0.4) is 0 Å². The van der Waals surface area contributed by atoms with Crippen molar-refractivity contribution in [1.29, 1.82) is 0 Å². The third-order valence-corrected chi connectivity index (χ3v) is 7.86. The highest BCUT2D eigenvalue weighted by molar-refractivity contribution is 6.30. The molecule has 1 saturated carbocycles. The van der Waals surface area contributed by atoms with Crippen LogP contribution in [0.1, 0.15) is 49.7 Å². The summed E-state index contributed by atoms with van der Waals surface area (Å²) in [4.78, 5) is 15.7. The lowest BCUT2D eigenvalue weighted by molar-refractivity contribution is -0.186. The molecule has 1 heterocycles. The van der Waals surface area contributed by atoms with Crippen LogP contribution in [0.2, 0.25) is 5.02 Å². The second-order valence-corrected chi connectivity index (χ2v) is 10.1. The predicted octanol–water partition coefficient (Wildman–Crippen LogP) is 6.15. The number of likely N-dealkylation sites (tertiary alicyclic amines) is 1. The molecule has 7 heteroatoms. The van der Waals surface area contributed by atoms with Crippen molar-refractivity contribution in [2.45, 2.75) is 62.6 Å². The van der Waals surface area contributed by atoms with Gasteiger partial charge in [0.2, 0.25) is 5.91 Å². The highest BCUT2D eigenvalue weighted by Crippen LogP contribution is 2.42. The molecule has 2 aromatic rings. The Kier molecular flexibility index (Phi) is 7.88. The monoisotopic (exact) mass is 492 g/mol. The normalized spacial score (nSPS) is 20.2. The fourth-order valence-electron chi connectivity index (χ4n) is 5.58. The van der Waals surface area contributed by atoms with Gasteiger partial charge in [0, 0.05) is 17.6 Å². The number of rotatable bonds is 7. The van der Waals surface area contributed by atoms with E-state index in [0.717, 1.165) is 36.8 Å². The van der Waals surface area contributed by atoms with Gasteiger partial charge in [-0.15, -0.1) is 0 Å². The molecule has 2 aromatic carbocycles. The topological polar surface area (TPSA) is 32.3 Å². The van der Waals surface area contributed by atoms with Crippen LogP contribution in [0, 0.1) is 5.92 Å². The van der Waals surface area contributed by atoms with Crippen LogP contribution in [-0.4, -0.2) is 42.7 Å². The quantitative estimate of drug-likeness (QED) is 0.502. The first kappa shape index (κ1) is 25.1. The summed E-state index contributed by atoms with van der Waals surface area (Å²) in [7, 11) is 0. The number of piperidine rings is 1. The number of carbonyl (C=O) groups excluding carboxylic acids is 1. The second kappa shape index (κ2) is 10.7. The molecule has 1 aliphatic carbocycles. The zero-order valence-corrected chi connectivity index (χ0v) is 20.0. The molecular formula is C27H32ClF3N2O. The van der Waals surface area contributed by atoms with Gasteiger partial charge in [-0.2, -0.15) is 13.2 Å². The van der Waals surface area contributed by atoms with Gasteiger partial charge < -0.3 is 5.32 Å². The van der Waals surface area contributed by atoms with Crippen molar-refractivity contribution in [2.75, 3.05) is 19.6 Å². The van der Waals surface area contributed by atoms with E-state index in [1.54, 1.807) is 0 Å². The molecule has 0 bridgehead atoms. The minimum atomic E-state index is -4.14. The Balaban J connectivity index is 1.47. The van der Waals surface area contributed by atoms with Crippen LogP contribution in [-0.2, 0) is 16.6 Å². The Morgan fingerprint density at radius 1 is 1.03 bits per heavy atom. The molecule has 4 rings (SSSR count). The van der Waals surface area contributed by atoms with Crippen LogP contribution < -0.4 is 5.32 Å². The van der Waals surface area contributed by atoms with E-state index >= 15 is 0 Å². The van der Waals surface area contributed by atoms with E-state index in [1.807, 2.05) is 54.6 Å². The summed E-state index contributed by atoms with van der Waals surface area (Å²) in [6.07, 6.45) is 0.341. The molecule has 2 fully saturated rings. The number of halogens is 4. The van der Waals surface area contributed by atoms with Crippen LogP contribution >= 0.6 is 11.6 Å². The maximum absolute atomic E-state index is 13.6. The number of nitrogens with zero attached hydrogens (tertiary/aromatic N) is 1. The molecule has 1 unspecified atom stereocenters. The fourth-order valence-corrected chi connectivity index (χ4v) is 5.71. The standard InChI is InChI=1S/C27H32ClF3N2O/c28-23-10-8-21(9-11-23)26(14-4-5-15-26)25(34)32-19-24(18-20-6-2-1-3-7-20)33-16-12-22(13-17-33)27(29,30)31/h1-3,6-11,22,24H,4-5,12-19H2,(H,32,34). The Labute approximate surface area is 204 Å². The van der Waals surface area contributed by atoms with Gasteiger partial charge in [-0.05, 0) is 68.5 Å². The van der Waals surface area contributed by atoms with Gasteiger partial charge in [-0.25, -0.2) is 0 Å². The van der Waals surface area contributed by atoms with Gasteiger partial charge in [0.05, 0.1) is 11.3 Å². The molecule has 1 N–H and O–H groups in total. The highest BCUT2D eigenvalue weighted by Gasteiger charge is 2.44. The maximum Gasteiger partial charge on any atom is 0.391 e. The average Bonchev–Trinajstić information content (AvgIpc) is 3.33. The number of carbonyl (C=O) groups is 1. The molecule has 184 valence electrons. The largest absolute Gasteiger partial charge is 0.391 e. The molecule has 3 nitrogen and oxygen atoms in total. The van der Waals surface area contributed by atoms with Crippen molar-refractivity contribution in [2.24, 2.45) is 5.92 Å². The van der Waals surface area contributed by atoms with Crippen molar-refractivity contribution in [1.82, 2.24) is 10.2 Å². The molecule has 0 radical (unpaired) electrons. The minimum Gasteiger partial charge on any atom is -0.354 e. The van der Waals surface area contributed by atoms with Gasteiger partial charge in [0.15, 0.2) is 0 Å². The van der Waals surface area contributed by atoms with Crippen molar-refractivity contribution < 1.29 is 18.0 Å². The maximum atomic E-state index is 13.6. The van der Waals surface area contributed by atoms with E-state index in [9.17, 15) is 18.0 Å². The molecule has 1 atom stereocenters. The third-order valence-electron chi connectivity index (χ3n) is 7.61. The summed E-state index contributed by atoms with van der Waals surface area (Å²) in [6, 6.07) is 17.4. The van der Waals surface area contributed by atoms with Crippen LogP contribution in [0.25, 0.3) is 0 Å². The zero-order valence-electron chi connectivity index (χ0n) is 19.3. The van der Waals surface area contributed by atoms with Crippen LogP contribution in [0.4, 0.5) is 13.2 Å². The summed E-state index contributed by atoms with van der Waals surface area (Å²) >= 11 is 6.07. The van der Waals surface area contributed by atoms with E-state index in [2.05, 4.69) is 10.2 Å². The minimum absolute atomic E-state index is 0.00978. The first-order valence-electron chi connectivity index (χ1n) is 12.2. The lowest BCUT2D eigenvalue weighted by atomic mass is 9.78. The molecule has 1 saturated heterocycles. The van der Waals surface area contributed by atoms with Crippen LogP contribution in [0.15, 0.2) is 54.6 Å². The predicted molar refractivity (Wildman–Crippen MR) is 129 cm³/mol. The molecule has 1 aliphatic heterocycles. The highest BCUT2D eigenvalue weighted by atomic mass is 35.5. The van der Waals surface area contributed by atoms with Crippen LogP contribution in [0.5, 0.6) is 0 Å². The van der Waals surface area contributed by atoms with Crippen molar-refractivity contribution in [3.63, 3.8) is 0 Å². The summed E-state index contributed by atoms with van der Waals surface area (Å²) in [5.41, 5.74) is 1.54. The fraction of sp³-hybridized carbons (Fsp3) is 0.519. The number of benzene rings is 2. The Hall–Kier alpha value is -2.05. The van der Waals surface area contributed by atoms with Crippen molar-refractivity contribution in [3.05, 3.63) is 70.7 Å². The van der Waals surface area contributed by atoms with Gasteiger partial charge in [0.25, 0.3) is 0 Å². The zero-order chi connectivity index (χ0) is 24.2. The average molecular weight is 493 g/mol. The van der Waals surface area contributed by atoms with E-state index in [1.165, 1.54) is 0 Å². The SMILES string of the molecule is O=C(NCC(Cc1ccccc1)N1CCC(C(F)(F)F)CC1)C1(c2ccc(Cl)cc2)CCCC1. The number of alkyl halides is 3. The summed E-state index contributed by atoms with van der Waals surface area (Å²) in [5.74, 6) is -1.22. The van der Waals surface area contributed by atoms with E-state index < -0.39 is 17.5 Å². The lowest BCUT2D eigenvalue weighted by Gasteiger charge is -2.39. The lowest BCUT2D eigenvalue weighted by Crippen LogP contribution is -2.52. The van der Waals surface area contributed by atoms with E-state index in [0.29, 0.717) is 31.1 Å². The number of hydrogen-bond acceptors (Lipinski definition) is 2.